The Kier molecular flexibility index (Phi) is 5.75. The molecular weight excluding hydrogens is 348 g/mol. The first kappa shape index (κ1) is 18.5. The van der Waals surface area contributed by atoms with Gasteiger partial charge < -0.3 is 19.7 Å². The van der Waals surface area contributed by atoms with Crippen LogP contribution in [-0.2, 0) is 22.6 Å². The van der Waals surface area contributed by atoms with Crippen LogP contribution in [0.25, 0.3) is 6.08 Å². The van der Waals surface area contributed by atoms with E-state index in [1.165, 1.54) is 4.90 Å². The van der Waals surface area contributed by atoms with Gasteiger partial charge in [0, 0.05) is 25.1 Å². The monoisotopic (exact) mass is 370 g/mol. The van der Waals surface area contributed by atoms with Crippen molar-refractivity contribution in [2.75, 3.05) is 27.3 Å². The SMILES string of the molecule is COc1cc2c(cc1OC)CC(=O)N(CC(=O)NCCn1cccn1)C=C2. The summed E-state index contributed by atoms with van der Waals surface area (Å²) in [5, 5.41) is 6.87. The summed E-state index contributed by atoms with van der Waals surface area (Å²) in [6.45, 7) is 0.991. The molecule has 142 valence electrons. The van der Waals surface area contributed by atoms with Crippen LogP contribution in [0, 0.1) is 0 Å². The van der Waals surface area contributed by atoms with Crippen molar-refractivity contribution in [3.63, 3.8) is 0 Å². The highest BCUT2D eigenvalue weighted by Gasteiger charge is 2.21. The van der Waals surface area contributed by atoms with Crippen LogP contribution in [0.2, 0.25) is 0 Å². The smallest absolute Gasteiger partial charge is 0.240 e. The Bertz CT molecular complexity index is 846. The Morgan fingerprint density at radius 2 is 2.04 bits per heavy atom. The standard InChI is InChI=1S/C19H22N4O4/c1-26-16-10-14-4-8-22(19(25)12-15(14)11-17(16)27-2)13-18(24)20-6-9-23-7-3-5-21-23/h3-5,7-8,10-11H,6,9,12-13H2,1-2H3,(H,20,24). The molecular formula is C19H22N4O4. The van der Waals surface area contributed by atoms with Gasteiger partial charge in [-0.25, -0.2) is 0 Å². The zero-order valence-corrected chi connectivity index (χ0v) is 15.3. The molecule has 2 heterocycles. The molecule has 1 aromatic carbocycles. The molecule has 8 nitrogen and oxygen atoms in total. The number of benzene rings is 1. The molecule has 0 unspecified atom stereocenters. The molecule has 0 spiro atoms. The number of nitrogens with one attached hydrogen (secondary N) is 1. The van der Waals surface area contributed by atoms with E-state index in [1.54, 1.807) is 43.4 Å². The van der Waals surface area contributed by atoms with Gasteiger partial charge in [0.1, 0.15) is 6.54 Å². The number of fused-ring (bicyclic) bond motifs is 1. The number of rotatable bonds is 7. The highest BCUT2D eigenvalue weighted by Crippen LogP contribution is 2.32. The molecule has 3 rings (SSSR count). The van der Waals surface area contributed by atoms with Crippen molar-refractivity contribution in [2.24, 2.45) is 0 Å². The lowest BCUT2D eigenvalue weighted by Crippen LogP contribution is -2.39. The van der Waals surface area contributed by atoms with E-state index in [9.17, 15) is 9.59 Å². The van der Waals surface area contributed by atoms with Crippen molar-refractivity contribution in [1.82, 2.24) is 20.0 Å². The zero-order chi connectivity index (χ0) is 19.2. The first-order valence-electron chi connectivity index (χ1n) is 8.57. The third kappa shape index (κ3) is 4.46. The van der Waals surface area contributed by atoms with Gasteiger partial charge in [0.15, 0.2) is 11.5 Å². The Morgan fingerprint density at radius 1 is 1.26 bits per heavy atom. The predicted molar refractivity (Wildman–Crippen MR) is 99.2 cm³/mol. The van der Waals surface area contributed by atoms with E-state index in [1.807, 2.05) is 18.3 Å². The molecule has 1 aliphatic rings. The van der Waals surface area contributed by atoms with Crippen LogP contribution in [0.5, 0.6) is 11.5 Å². The summed E-state index contributed by atoms with van der Waals surface area (Å²) in [4.78, 5) is 26.1. The fraction of sp³-hybridized carbons (Fsp3) is 0.316. The molecule has 0 atom stereocenters. The van der Waals surface area contributed by atoms with E-state index in [0.717, 1.165) is 11.1 Å². The van der Waals surface area contributed by atoms with Gasteiger partial charge in [-0.15, -0.1) is 0 Å². The van der Waals surface area contributed by atoms with Crippen LogP contribution in [0.1, 0.15) is 11.1 Å². The van der Waals surface area contributed by atoms with Gasteiger partial charge in [-0.2, -0.15) is 5.10 Å². The molecule has 2 amide bonds. The van der Waals surface area contributed by atoms with E-state index < -0.39 is 0 Å². The summed E-state index contributed by atoms with van der Waals surface area (Å²) in [6, 6.07) is 5.44. The fourth-order valence-electron chi connectivity index (χ4n) is 2.86. The normalized spacial score (nSPS) is 13.1. The Hall–Kier alpha value is -3.29. The molecule has 1 N–H and O–H groups in total. The van der Waals surface area contributed by atoms with Gasteiger partial charge in [-0.05, 0) is 35.4 Å². The lowest BCUT2D eigenvalue weighted by atomic mass is 10.0. The average Bonchev–Trinajstić information content (AvgIpc) is 3.13. The van der Waals surface area contributed by atoms with Crippen molar-refractivity contribution in [3.8, 4) is 11.5 Å². The van der Waals surface area contributed by atoms with E-state index in [0.29, 0.717) is 24.6 Å². The minimum absolute atomic E-state index is 0.0311. The molecule has 8 heteroatoms. The predicted octanol–water partition coefficient (Wildman–Crippen LogP) is 1.07. The fourth-order valence-corrected chi connectivity index (χ4v) is 2.86. The lowest BCUT2D eigenvalue weighted by molar-refractivity contribution is -0.132. The average molecular weight is 370 g/mol. The van der Waals surface area contributed by atoms with Crippen LogP contribution in [0.3, 0.4) is 0 Å². The first-order valence-corrected chi connectivity index (χ1v) is 8.57. The Labute approximate surface area is 157 Å². The lowest BCUT2D eigenvalue weighted by Gasteiger charge is -2.17. The molecule has 1 aliphatic heterocycles. The minimum atomic E-state index is -0.221. The van der Waals surface area contributed by atoms with E-state index in [-0.39, 0.29) is 24.8 Å². The molecule has 0 aliphatic carbocycles. The quantitative estimate of drug-likeness (QED) is 0.788. The highest BCUT2D eigenvalue weighted by molar-refractivity contribution is 5.89. The first-order chi connectivity index (χ1) is 13.1. The minimum Gasteiger partial charge on any atom is -0.493 e. The second-order valence-corrected chi connectivity index (χ2v) is 6.04. The Balaban J connectivity index is 1.62. The number of hydrogen-bond acceptors (Lipinski definition) is 5. The van der Waals surface area contributed by atoms with Gasteiger partial charge in [0.25, 0.3) is 0 Å². The molecule has 0 fully saturated rings. The number of ether oxygens (including phenoxy) is 2. The topological polar surface area (TPSA) is 85.7 Å². The van der Waals surface area contributed by atoms with Crippen molar-refractivity contribution >= 4 is 17.9 Å². The molecule has 2 aromatic rings. The van der Waals surface area contributed by atoms with Crippen LogP contribution in [0.15, 0.2) is 36.8 Å². The summed E-state index contributed by atoms with van der Waals surface area (Å²) < 4.78 is 12.3. The molecule has 27 heavy (non-hydrogen) atoms. The maximum atomic E-state index is 12.5. The van der Waals surface area contributed by atoms with Crippen molar-refractivity contribution in [2.45, 2.75) is 13.0 Å². The summed E-state index contributed by atoms with van der Waals surface area (Å²) in [6.07, 6.45) is 7.13. The number of amides is 2. The van der Waals surface area contributed by atoms with Gasteiger partial charge in [0.2, 0.25) is 11.8 Å². The largest absolute Gasteiger partial charge is 0.493 e. The van der Waals surface area contributed by atoms with Gasteiger partial charge >= 0.3 is 0 Å². The highest BCUT2D eigenvalue weighted by atomic mass is 16.5. The third-order valence-electron chi connectivity index (χ3n) is 4.28. The van der Waals surface area contributed by atoms with Gasteiger partial charge in [0.05, 0.1) is 27.2 Å². The summed E-state index contributed by atoms with van der Waals surface area (Å²) in [5.41, 5.74) is 1.69. The number of methoxy groups -OCH3 is 2. The maximum absolute atomic E-state index is 12.5. The van der Waals surface area contributed by atoms with Crippen molar-refractivity contribution in [3.05, 3.63) is 47.9 Å². The van der Waals surface area contributed by atoms with Crippen LogP contribution in [0.4, 0.5) is 0 Å². The number of carbonyl (C=O) groups is 2. The van der Waals surface area contributed by atoms with Gasteiger partial charge in [-0.3, -0.25) is 14.3 Å². The second kappa shape index (κ2) is 8.39. The molecule has 1 aromatic heterocycles. The number of aromatic nitrogens is 2. The van der Waals surface area contributed by atoms with Crippen LogP contribution >= 0.6 is 0 Å². The molecule has 0 saturated heterocycles. The molecule has 0 radical (unpaired) electrons. The third-order valence-corrected chi connectivity index (χ3v) is 4.28. The van der Waals surface area contributed by atoms with Crippen LogP contribution < -0.4 is 14.8 Å². The number of carbonyl (C=O) groups excluding carboxylic acids is 2. The van der Waals surface area contributed by atoms with E-state index in [2.05, 4.69) is 10.4 Å². The van der Waals surface area contributed by atoms with E-state index in [4.69, 9.17) is 9.47 Å². The summed E-state index contributed by atoms with van der Waals surface area (Å²) >= 11 is 0. The number of nitrogens with zero attached hydrogens (tertiary/aromatic N) is 3. The van der Waals surface area contributed by atoms with Crippen LogP contribution in [-0.4, -0.2) is 53.8 Å². The Morgan fingerprint density at radius 3 is 2.74 bits per heavy atom. The van der Waals surface area contributed by atoms with Crippen molar-refractivity contribution < 1.29 is 19.1 Å². The zero-order valence-electron chi connectivity index (χ0n) is 15.3. The van der Waals surface area contributed by atoms with E-state index >= 15 is 0 Å². The molecule has 0 bridgehead atoms. The second-order valence-electron chi connectivity index (χ2n) is 6.04. The van der Waals surface area contributed by atoms with Gasteiger partial charge in [-0.1, -0.05) is 0 Å². The summed E-state index contributed by atoms with van der Waals surface area (Å²) in [5.74, 6) is 0.793. The van der Waals surface area contributed by atoms with Crippen molar-refractivity contribution in [1.29, 1.82) is 0 Å². The molecule has 0 saturated carbocycles. The maximum Gasteiger partial charge on any atom is 0.240 e. The number of hydrogen-bond donors (Lipinski definition) is 1. The summed E-state index contributed by atoms with van der Waals surface area (Å²) in [7, 11) is 3.12.